The van der Waals surface area contributed by atoms with Gasteiger partial charge in [0.2, 0.25) is 0 Å². The minimum Gasteiger partial charge on any atom is -0.488 e. The molecular formula is C20H14Cl3N3O4S. The van der Waals surface area contributed by atoms with Crippen molar-refractivity contribution in [2.24, 2.45) is 10.2 Å². The van der Waals surface area contributed by atoms with Gasteiger partial charge in [0.05, 0.1) is 18.2 Å². The zero-order valence-electron chi connectivity index (χ0n) is 15.9. The van der Waals surface area contributed by atoms with Gasteiger partial charge in [-0.1, -0.05) is 40.9 Å². The van der Waals surface area contributed by atoms with E-state index in [1.54, 1.807) is 36.4 Å². The van der Waals surface area contributed by atoms with Crippen LogP contribution >= 0.6 is 46.6 Å². The Morgan fingerprint density at radius 3 is 2.65 bits per heavy atom. The summed E-state index contributed by atoms with van der Waals surface area (Å²) in [5, 5.41) is 12.1. The number of hydrogen-bond acceptors (Lipinski definition) is 7. The number of halogens is 3. The summed E-state index contributed by atoms with van der Waals surface area (Å²) in [5.74, 6) is -0.617. The maximum atomic E-state index is 11.8. The van der Waals surface area contributed by atoms with Gasteiger partial charge in [0.25, 0.3) is 5.91 Å². The summed E-state index contributed by atoms with van der Waals surface area (Å²) < 4.78 is 10.4. The number of carbonyl (C=O) groups excluding carboxylic acids is 2. The van der Waals surface area contributed by atoms with E-state index in [0.717, 1.165) is 17.8 Å². The minimum absolute atomic E-state index is 0.142. The van der Waals surface area contributed by atoms with Crippen LogP contribution in [0.3, 0.4) is 0 Å². The Bertz CT molecular complexity index is 1100. The Balaban J connectivity index is 1.75. The number of benzene rings is 2. The maximum Gasteiger partial charge on any atom is 0.331 e. The third kappa shape index (κ3) is 6.24. The summed E-state index contributed by atoms with van der Waals surface area (Å²) in [4.78, 5) is 23.3. The van der Waals surface area contributed by atoms with Gasteiger partial charge >= 0.3 is 5.97 Å². The molecule has 0 aromatic heterocycles. The van der Waals surface area contributed by atoms with Crippen molar-refractivity contribution in [2.75, 3.05) is 7.11 Å². The number of nitrogens with one attached hydrogen (secondary N) is 1. The van der Waals surface area contributed by atoms with Crippen LogP contribution < -0.4 is 10.1 Å². The molecule has 1 N–H and O–H groups in total. The molecule has 0 unspecified atom stereocenters. The topological polar surface area (TPSA) is 89.3 Å². The number of carbonyl (C=O) groups is 2. The van der Waals surface area contributed by atoms with Crippen LogP contribution in [0, 0.1) is 0 Å². The van der Waals surface area contributed by atoms with E-state index in [4.69, 9.17) is 39.5 Å². The molecular weight excluding hydrogens is 485 g/mol. The standard InChI is InChI=1S/C20H14Cl3N3O4S/c1-29-18(27)8-17-19(28)25-20(31-17)26-24-9-11-7-12(21)5-6-16(11)30-10-13-14(22)3-2-4-15(13)23/h2-9H,10H2,1H3,(H,25,26,28)/b17-8+,24-9?. The molecule has 1 heterocycles. The highest BCUT2D eigenvalue weighted by Crippen LogP contribution is 2.28. The predicted molar refractivity (Wildman–Crippen MR) is 123 cm³/mol. The van der Waals surface area contributed by atoms with Crippen LogP contribution in [0.4, 0.5) is 0 Å². The van der Waals surface area contributed by atoms with Crippen molar-refractivity contribution in [1.29, 1.82) is 0 Å². The number of hydrogen-bond donors (Lipinski definition) is 1. The summed E-state index contributed by atoms with van der Waals surface area (Å²) in [6.45, 7) is 0.142. The second-order valence-corrected chi connectivity index (χ2v) is 8.19. The molecule has 2 aromatic rings. The normalized spacial score (nSPS) is 16.2. The van der Waals surface area contributed by atoms with Gasteiger partial charge in [0, 0.05) is 32.3 Å². The number of amidine groups is 1. The van der Waals surface area contributed by atoms with Crippen molar-refractivity contribution >= 4 is 69.8 Å². The molecule has 3 rings (SSSR count). The number of ether oxygens (including phenoxy) is 2. The van der Waals surface area contributed by atoms with Gasteiger partial charge in [-0.05, 0) is 42.1 Å². The summed E-state index contributed by atoms with van der Waals surface area (Å²) >= 11 is 19.4. The molecule has 1 amide bonds. The minimum atomic E-state index is -0.637. The summed E-state index contributed by atoms with van der Waals surface area (Å²) in [5.41, 5.74) is 1.21. The van der Waals surface area contributed by atoms with Crippen LogP contribution in [0.15, 0.2) is 57.6 Å². The van der Waals surface area contributed by atoms with Gasteiger partial charge in [0.15, 0.2) is 5.17 Å². The van der Waals surface area contributed by atoms with E-state index in [1.807, 2.05) is 0 Å². The van der Waals surface area contributed by atoms with Crippen LogP contribution in [0.5, 0.6) is 5.75 Å². The number of methoxy groups -OCH3 is 1. The first-order chi connectivity index (χ1) is 14.9. The number of nitrogens with zero attached hydrogens (tertiary/aromatic N) is 2. The third-order valence-corrected chi connectivity index (χ3v) is 5.70. The van der Waals surface area contributed by atoms with Gasteiger partial charge in [-0.25, -0.2) is 4.79 Å². The molecule has 7 nitrogen and oxygen atoms in total. The van der Waals surface area contributed by atoms with Gasteiger partial charge in [-0.3, -0.25) is 10.1 Å². The molecule has 2 aromatic carbocycles. The van der Waals surface area contributed by atoms with Crippen LogP contribution in [-0.2, 0) is 20.9 Å². The van der Waals surface area contributed by atoms with Gasteiger partial charge < -0.3 is 9.47 Å². The van der Waals surface area contributed by atoms with Crippen molar-refractivity contribution < 1.29 is 19.1 Å². The lowest BCUT2D eigenvalue weighted by atomic mass is 10.2. The first-order valence-corrected chi connectivity index (χ1v) is 10.6. The van der Waals surface area contributed by atoms with Crippen molar-refractivity contribution in [3.8, 4) is 5.75 Å². The van der Waals surface area contributed by atoms with Crippen LogP contribution in [-0.4, -0.2) is 30.4 Å². The summed E-state index contributed by atoms with van der Waals surface area (Å²) in [6.07, 6.45) is 2.51. The molecule has 1 aliphatic rings. The Hall–Kier alpha value is -2.52. The average molecular weight is 499 g/mol. The quantitative estimate of drug-likeness (QED) is 0.266. The van der Waals surface area contributed by atoms with E-state index in [-0.39, 0.29) is 16.7 Å². The molecule has 160 valence electrons. The molecule has 1 saturated heterocycles. The number of thioether (sulfide) groups is 1. The molecule has 0 spiro atoms. The second kappa shape index (κ2) is 10.7. The highest BCUT2D eigenvalue weighted by molar-refractivity contribution is 8.18. The van der Waals surface area contributed by atoms with E-state index in [0.29, 0.717) is 31.9 Å². The lowest BCUT2D eigenvalue weighted by molar-refractivity contribution is -0.135. The Kier molecular flexibility index (Phi) is 7.97. The van der Waals surface area contributed by atoms with Crippen LogP contribution in [0.1, 0.15) is 11.1 Å². The molecule has 0 saturated carbocycles. The fourth-order valence-corrected chi connectivity index (χ4v) is 3.78. The second-order valence-electron chi connectivity index (χ2n) is 5.91. The molecule has 0 atom stereocenters. The SMILES string of the molecule is COC(=O)/C=C1/S/C(=N\N=Cc2cc(Cl)ccc2OCc2c(Cl)cccc2Cl)NC1=O. The van der Waals surface area contributed by atoms with Crippen molar-refractivity contribution in [1.82, 2.24) is 5.32 Å². The molecule has 1 fully saturated rings. The van der Waals surface area contributed by atoms with Crippen molar-refractivity contribution in [3.05, 3.63) is 73.6 Å². The van der Waals surface area contributed by atoms with E-state index in [1.165, 1.54) is 13.3 Å². The van der Waals surface area contributed by atoms with Gasteiger partial charge in [-0.15, -0.1) is 5.10 Å². The Morgan fingerprint density at radius 2 is 1.94 bits per heavy atom. The molecule has 0 aliphatic carbocycles. The molecule has 1 aliphatic heterocycles. The van der Waals surface area contributed by atoms with Crippen LogP contribution in [0.25, 0.3) is 0 Å². The highest BCUT2D eigenvalue weighted by Gasteiger charge is 2.25. The van der Waals surface area contributed by atoms with Crippen LogP contribution in [0.2, 0.25) is 15.1 Å². The van der Waals surface area contributed by atoms with Gasteiger partial charge in [0.1, 0.15) is 12.4 Å². The van der Waals surface area contributed by atoms with E-state index in [9.17, 15) is 9.59 Å². The van der Waals surface area contributed by atoms with E-state index in [2.05, 4.69) is 20.3 Å². The van der Waals surface area contributed by atoms with Gasteiger partial charge in [-0.2, -0.15) is 5.10 Å². The van der Waals surface area contributed by atoms with E-state index < -0.39 is 11.9 Å². The monoisotopic (exact) mass is 497 g/mol. The zero-order chi connectivity index (χ0) is 22.4. The Morgan fingerprint density at radius 1 is 1.19 bits per heavy atom. The third-order valence-electron chi connectivity index (χ3n) is 3.85. The van der Waals surface area contributed by atoms with E-state index >= 15 is 0 Å². The average Bonchev–Trinajstić information content (AvgIpc) is 3.07. The Labute approximate surface area is 197 Å². The smallest absolute Gasteiger partial charge is 0.331 e. The lowest BCUT2D eigenvalue weighted by Crippen LogP contribution is -2.19. The number of amides is 1. The summed E-state index contributed by atoms with van der Waals surface area (Å²) in [7, 11) is 1.22. The molecule has 0 bridgehead atoms. The first kappa shape index (κ1) is 23.1. The first-order valence-electron chi connectivity index (χ1n) is 8.62. The predicted octanol–water partition coefficient (Wildman–Crippen LogP) is 4.84. The fourth-order valence-electron chi connectivity index (χ4n) is 2.36. The zero-order valence-corrected chi connectivity index (χ0v) is 19.0. The van der Waals surface area contributed by atoms with Crippen molar-refractivity contribution in [3.63, 3.8) is 0 Å². The molecule has 11 heteroatoms. The number of esters is 1. The number of rotatable bonds is 6. The molecule has 0 radical (unpaired) electrons. The highest BCUT2D eigenvalue weighted by atomic mass is 35.5. The maximum absolute atomic E-state index is 11.8. The molecule has 31 heavy (non-hydrogen) atoms. The van der Waals surface area contributed by atoms with Crippen molar-refractivity contribution in [2.45, 2.75) is 6.61 Å². The summed E-state index contributed by atoms with van der Waals surface area (Å²) in [6, 6.07) is 10.2. The fraction of sp³-hybridized carbons (Fsp3) is 0.100. The largest absolute Gasteiger partial charge is 0.488 e. The lowest BCUT2D eigenvalue weighted by Gasteiger charge is -2.11.